The number of H-pyrrole nitrogens is 1. The molecule has 4 heteroatoms. The normalized spacial score (nSPS) is 11.7. The molecule has 2 N–H and O–H groups in total. The second-order valence-electron chi connectivity index (χ2n) is 5.26. The molecule has 0 aliphatic rings. The molecule has 0 fully saturated rings. The number of aliphatic carboxylic acids is 1. The largest absolute Gasteiger partial charge is 0.481 e. The van der Waals surface area contributed by atoms with Crippen LogP contribution < -0.4 is 4.90 Å². The standard InChI is InChI=1S/C14H18N2O2/c1-14(2,13(17)18)9-16(3)12-8-15-11-7-5-4-6-10(11)12/h4-8,15H,9H2,1-3H3,(H,17,18). The van der Waals surface area contributed by atoms with E-state index in [2.05, 4.69) is 4.98 Å². The summed E-state index contributed by atoms with van der Waals surface area (Å²) in [5.41, 5.74) is 1.32. The second-order valence-corrected chi connectivity index (χ2v) is 5.26. The highest BCUT2D eigenvalue weighted by molar-refractivity contribution is 5.92. The fourth-order valence-corrected chi connectivity index (χ4v) is 2.12. The van der Waals surface area contributed by atoms with Crippen molar-refractivity contribution < 1.29 is 9.90 Å². The summed E-state index contributed by atoms with van der Waals surface area (Å²) in [5, 5.41) is 10.3. The van der Waals surface area contributed by atoms with Crippen LogP contribution in [0.4, 0.5) is 5.69 Å². The van der Waals surface area contributed by atoms with E-state index in [9.17, 15) is 4.79 Å². The van der Waals surface area contributed by atoms with Gasteiger partial charge in [-0.2, -0.15) is 0 Å². The smallest absolute Gasteiger partial charge is 0.310 e. The van der Waals surface area contributed by atoms with Gasteiger partial charge in [0.1, 0.15) is 0 Å². The first-order chi connectivity index (χ1) is 8.42. The van der Waals surface area contributed by atoms with Gasteiger partial charge in [0.2, 0.25) is 0 Å². The number of carboxylic acid groups (broad SMARTS) is 1. The molecule has 96 valence electrons. The Hall–Kier alpha value is -1.97. The number of benzene rings is 1. The highest BCUT2D eigenvalue weighted by atomic mass is 16.4. The summed E-state index contributed by atoms with van der Waals surface area (Å²) in [6.07, 6.45) is 1.92. The van der Waals surface area contributed by atoms with Crippen molar-refractivity contribution in [3.8, 4) is 0 Å². The minimum absolute atomic E-state index is 0.462. The van der Waals surface area contributed by atoms with Crippen LogP contribution in [0.25, 0.3) is 10.9 Å². The van der Waals surface area contributed by atoms with E-state index in [4.69, 9.17) is 5.11 Å². The van der Waals surface area contributed by atoms with Gasteiger partial charge in [0.05, 0.1) is 11.1 Å². The minimum atomic E-state index is -0.783. The third kappa shape index (κ3) is 2.18. The number of hydrogen-bond acceptors (Lipinski definition) is 2. The Bertz CT molecular complexity index is 572. The molecule has 0 aliphatic heterocycles. The number of carboxylic acids is 1. The van der Waals surface area contributed by atoms with Crippen LogP contribution in [0.1, 0.15) is 13.8 Å². The molecule has 0 amide bonds. The molecular weight excluding hydrogens is 228 g/mol. The summed E-state index contributed by atoms with van der Waals surface area (Å²) < 4.78 is 0. The van der Waals surface area contributed by atoms with Gasteiger partial charge in [-0.15, -0.1) is 0 Å². The Balaban J connectivity index is 2.29. The molecule has 0 spiro atoms. The Kier molecular flexibility index (Phi) is 3.03. The average Bonchev–Trinajstić information content (AvgIpc) is 2.71. The van der Waals surface area contributed by atoms with Crippen LogP contribution in [0.15, 0.2) is 30.5 Å². The Morgan fingerprint density at radius 3 is 2.72 bits per heavy atom. The summed E-state index contributed by atoms with van der Waals surface area (Å²) in [5.74, 6) is -0.783. The maximum Gasteiger partial charge on any atom is 0.310 e. The first-order valence-corrected chi connectivity index (χ1v) is 5.92. The number of anilines is 1. The molecule has 0 unspecified atom stereocenters. The molecule has 0 aliphatic carbocycles. The number of aromatic amines is 1. The Morgan fingerprint density at radius 2 is 2.06 bits per heavy atom. The number of rotatable bonds is 4. The molecule has 2 aromatic rings. The number of para-hydroxylation sites is 1. The van der Waals surface area contributed by atoms with Crippen LogP contribution in [-0.2, 0) is 4.79 Å². The number of fused-ring (bicyclic) bond motifs is 1. The lowest BCUT2D eigenvalue weighted by Gasteiger charge is -2.27. The van der Waals surface area contributed by atoms with Gasteiger partial charge in [-0.3, -0.25) is 4.79 Å². The summed E-state index contributed by atoms with van der Waals surface area (Å²) in [7, 11) is 1.92. The average molecular weight is 246 g/mol. The number of hydrogen-bond donors (Lipinski definition) is 2. The van der Waals surface area contributed by atoms with E-state index in [-0.39, 0.29) is 0 Å². The second kappa shape index (κ2) is 4.37. The molecule has 0 radical (unpaired) electrons. The summed E-state index contributed by atoms with van der Waals surface area (Å²) >= 11 is 0. The lowest BCUT2D eigenvalue weighted by Crippen LogP contribution is -2.37. The molecule has 0 saturated carbocycles. The first-order valence-electron chi connectivity index (χ1n) is 5.92. The number of nitrogens with zero attached hydrogens (tertiary/aromatic N) is 1. The molecule has 2 rings (SSSR count). The van der Waals surface area contributed by atoms with Gasteiger partial charge in [-0.25, -0.2) is 0 Å². The van der Waals surface area contributed by atoms with Gasteiger partial charge < -0.3 is 15.0 Å². The van der Waals surface area contributed by atoms with Crippen molar-refractivity contribution in [3.63, 3.8) is 0 Å². The van der Waals surface area contributed by atoms with Crippen LogP contribution in [0.2, 0.25) is 0 Å². The zero-order valence-corrected chi connectivity index (χ0v) is 10.9. The van der Waals surface area contributed by atoms with Crippen molar-refractivity contribution in [1.29, 1.82) is 0 Å². The van der Waals surface area contributed by atoms with Crippen molar-refractivity contribution in [2.75, 3.05) is 18.5 Å². The minimum Gasteiger partial charge on any atom is -0.481 e. The summed E-state index contributed by atoms with van der Waals surface area (Å²) in [4.78, 5) is 16.3. The maximum absolute atomic E-state index is 11.2. The Morgan fingerprint density at radius 1 is 1.39 bits per heavy atom. The van der Waals surface area contributed by atoms with Gasteiger partial charge in [-0.1, -0.05) is 18.2 Å². The van der Waals surface area contributed by atoms with E-state index in [1.54, 1.807) is 13.8 Å². The van der Waals surface area contributed by atoms with Gasteiger partial charge in [0.15, 0.2) is 0 Å². The van der Waals surface area contributed by atoms with Gasteiger partial charge in [-0.05, 0) is 19.9 Å². The van der Waals surface area contributed by atoms with E-state index in [1.165, 1.54) is 0 Å². The molecule has 1 aromatic carbocycles. The topological polar surface area (TPSA) is 56.3 Å². The monoisotopic (exact) mass is 246 g/mol. The maximum atomic E-state index is 11.2. The predicted molar refractivity (Wildman–Crippen MR) is 73.0 cm³/mol. The predicted octanol–water partition coefficient (Wildman–Crippen LogP) is 2.71. The molecule has 4 nitrogen and oxygen atoms in total. The SMILES string of the molecule is CN(CC(C)(C)C(=O)O)c1c[nH]c2ccccc12. The van der Waals surface area contributed by atoms with Gasteiger partial charge >= 0.3 is 5.97 Å². The van der Waals surface area contributed by atoms with Crippen molar-refractivity contribution in [3.05, 3.63) is 30.5 Å². The molecule has 0 bridgehead atoms. The molecule has 1 aromatic heterocycles. The van der Waals surface area contributed by atoms with Crippen molar-refractivity contribution in [1.82, 2.24) is 4.98 Å². The van der Waals surface area contributed by atoms with Crippen molar-refractivity contribution in [2.24, 2.45) is 5.41 Å². The quantitative estimate of drug-likeness (QED) is 0.872. The van der Waals surface area contributed by atoms with Crippen LogP contribution in [0.3, 0.4) is 0 Å². The van der Waals surface area contributed by atoms with E-state index < -0.39 is 11.4 Å². The summed E-state index contributed by atoms with van der Waals surface area (Å²) in [6.45, 7) is 3.94. The molecule has 18 heavy (non-hydrogen) atoms. The van der Waals surface area contributed by atoms with E-state index in [0.717, 1.165) is 16.6 Å². The number of carbonyl (C=O) groups is 1. The summed E-state index contributed by atoms with van der Waals surface area (Å²) in [6, 6.07) is 8.00. The Labute approximate surface area is 106 Å². The lowest BCUT2D eigenvalue weighted by atomic mass is 9.93. The fourth-order valence-electron chi connectivity index (χ4n) is 2.12. The van der Waals surface area contributed by atoms with Gasteiger partial charge in [0, 0.05) is 30.7 Å². The zero-order valence-electron chi connectivity index (χ0n) is 10.9. The van der Waals surface area contributed by atoms with E-state index in [0.29, 0.717) is 6.54 Å². The number of nitrogens with one attached hydrogen (secondary N) is 1. The highest BCUT2D eigenvalue weighted by Crippen LogP contribution is 2.28. The number of aromatic nitrogens is 1. The lowest BCUT2D eigenvalue weighted by molar-refractivity contribution is -0.146. The van der Waals surface area contributed by atoms with Crippen LogP contribution in [0.5, 0.6) is 0 Å². The molecule has 0 saturated heterocycles. The molecule has 0 atom stereocenters. The first kappa shape index (κ1) is 12.5. The van der Waals surface area contributed by atoms with Crippen molar-refractivity contribution >= 4 is 22.6 Å². The van der Waals surface area contributed by atoms with Crippen LogP contribution >= 0.6 is 0 Å². The van der Waals surface area contributed by atoms with Crippen LogP contribution in [0, 0.1) is 5.41 Å². The van der Waals surface area contributed by atoms with Gasteiger partial charge in [0.25, 0.3) is 0 Å². The molecular formula is C14H18N2O2. The van der Waals surface area contributed by atoms with E-state index in [1.807, 2.05) is 42.4 Å². The third-order valence-electron chi connectivity index (χ3n) is 3.19. The highest BCUT2D eigenvalue weighted by Gasteiger charge is 2.29. The van der Waals surface area contributed by atoms with Crippen LogP contribution in [-0.4, -0.2) is 29.7 Å². The van der Waals surface area contributed by atoms with E-state index >= 15 is 0 Å². The molecule has 1 heterocycles. The fraction of sp³-hybridized carbons (Fsp3) is 0.357. The van der Waals surface area contributed by atoms with Crippen molar-refractivity contribution in [2.45, 2.75) is 13.8 Å². The zero-order chi connectivity index (χ0) is 13.3. The third-order valence-corrected chi connectivity index (χ3v) is 3.19.